The van der Waals surface area contributed by atoms with Crippen molar-refractivity contribution in [1.29, 1.82) is 0 Å². The van der Waals surface area contributed by atoms with Gasteiger partial charge in [-0.25, -0.2) is 0 Å². The molecule has 0 aromatic heterocycles. The molecule has 0 atom stereocenters. The van der Waals surface area contributed by atoms with Crippen molar-refractivity contribution in [3.05, 3.63) is 36.4 Å². The molecule has 0 fully saturated rings. The zero-order chi connectivity index (χ0) is 13.3. The Balaban J connectivity index is 0.00000289. The van der Waals surface area contributed by atoms with Gasteiger partial charge in [-0.15, -0.1) is 0 Å². The SMILES string of the molecule is O=[N+]([O-])c1cc([N+](=O)[O-])c([O-])c([N+](=O)[O-])c1[O-].[Ag]. The van der Waals surface area contributed by atoms with E-state index in [1.807, 2.05) is 0 Å². The van der Waals surface area contributed by atoms with Crippen molar-refractivity contribution in [3.8, 4) is 11.5 Å². The third kappa shape index (κ3) is 2.53. The molecule has 18 heavy (non-hydrogen) atoms. The number of hydrogen-bond donors (Lipinski definition) is 0. The van der Waals surface area contributed by atoms with Crippen LogP contribution in [0.15, 0.2) is 6.07 Å². The normalized spacial score (nSPS) is 9.33. The average Bonchev–Trinajstić information content (AvgIpc) is 2.15. The first-order valence-electron chi connectivity index (χ1n) is 3.75. The molecule has 0 aliphatic heterocycles. The van der Waals surface area contributed by atoms with E-state index in [9.17, 15) is 40.6 Å². The summed E-state index contributed by atoms with van der Waals surface area (Å²) in [6, 6.07) is 0.109. The predicted molar refractivity (Wildman–Crippen MR) is 45.3 cm³/mol. The summed E-state index contributed by atoms with van der Waals surface area (Å²) in [5.41, 5.74) is -4.48. The molecular formula is C6HAgN3O8-2. The maximum atomic E-state index is 11.1. The molecule has 0 aliphatic rings. The molecule has 1 aromatic carbocycles. The summed E-state index contributed by atoms with van der Waals surface area (Å²) in [5, 5.41) is 53.3. The molecule has 12 heteroatoms. The van der Waals surface area contributed by atoms with Crippen LogP contribution < -0.4 is 10.2 Å². The van der Waals surface area contributed by atoms with Crippen molar-refractivity contribution in [2.45, 2.75) is 0 Å². The Bertz CT molecular complexity index is 506. The van der Waals surface area contributed by atoms with Gasteiger partial charge in [0.25, 0.3) is 17.1 Å². The molecule has 0 unspecified atom stereocenters. The topological polar surface area (TPSA) is 176 Å². The molecule has 1 radical (unpaired) electrons. The van der Waals surface area contributed by atoms with Gasteiger partial charge in [0.05, 0.1) is 32.3 Å². The molecule has 0 bridgehead atoms. The standard InChI is InChI=1S/C6H3N3O8.Ag/c10-5-2(7(12)13)1-3(8(14)15)6(11)4(5)9(16)17;/h1,10-11H;/p-2. The fourth-order valence-electron chi connectivity index (χ4n) is 1.04. The molecular weight excluding hydrogens is 350 g/mol. The Morgan fingerprint density at radius 1 is 0.778 bits per heavy atom. The smallest absolute Gasteiger partial charge is 0.275 e. The molecule has 0 heterocycles. The number of nitro benzene ring substituents is 3. The summed E-state index contributed by atoms with van der Waals surface area (Å²) in [5.74, 6) is -3.51. The van der Waals surface area contributed by atoms with Gasteiger partial charge in [0.1, 0.15) is 0 Å². The van der Waals surface area contributed by atoms with Gasteiger partial charge >= 0.3 is 0 Å². The number of nitrogens with zero attached hydrogens (tertiary/aromatic N) is 3. The van der Waals surface area contributed by atoms with E-state index in [2.05, 4.69) is 0 Å². The second kappa shape index (κ2) is 5.40. The van der Waals surface area contributed by atoms with Crippen LogP contribution in [0.4, 0.5) is 17.1 Å². The van der Waals surface area contributed by atoms with Crippen LogP contribution in [0.1, 0.15) is 0 Å². The molecule has 0 N–H and O–H groups in total. The summed E-state index contributed by atoms with van der Waals surface area (Å²) in [6.45, 7) is 0. The van der Waals surface area contributed by atoms with Crippen molar-refractivity contribution >= 4 is 17.1 Å². The Labute approximate surface area is 113 Å². The maximum Gasteiger partial charge on any atom is 0.275 e. The first-order chi connectivity index (χ1) is 7.77. The van der Waals surface area contributed by atoms with Crippen LogP contribution in [0.25, 0.3) is 0 Å². The van der Waals surface area contributed by atoms with E-state index in [0.717, 1.165) is 0 Å². The zero-order valence-electron chi connectivity index (χ0n) is 7.99. The molecule has 1 rings (SSSR count). The third-order valence-electron chi connectivity index (χ3n) is 1.74. The minimum absolute atomic E-state index is 0. The van der Waals surface area contributed by atoms with E-state index in [-0.39, 0.29) is 28.4 Å². The third-order valence-corrected chi connectivity index (χ3v) is 1.74. The second-order valence-electron chi connectivity index (χ2n) is 2.69. The number of hydrogen-bond acceptors (Lipinski definition) is 8. The van der Waals surface area contributed by atoms with Gasteiger partial charge in [0.15, 0.2) is 0 Å². The first-order valence-corrected chi connectivity index (χ1v) is 3.75. The monoisotopic (exact) mass is 350 g/mol. The molecule has 11 nitrogen and oxygen atoms in total. The van der Waals surface area contributed by atoms with E-state index in [1.165, 1.54) is 0 Å². The van der Waals surface area contributed by atoms with E-state index in [1.54, 1.807) is 0 Å². The van der Waals surface area contributed by atoms with Crippen LogP contribution in [-0.2, 0) is 22.4 Å². The molecule has 101 valence electrons. The summed E-state index contributed by atoms with van der Waals surface area (Å²) >= 11 is 0. The number of benzene rings is 1. The van der Waals surface area contributed by atoms with Crippen LogP contribution in [0.3, 0.4) is 0 Å². The number of nitro groups is 3. The van der Waals surface area contributed by atoms with Gasteiger partial charge in [0, 0.05) is 22.4 Å². The van der Waals surface area contributed by atoms with Crippen LogP contribution in [0.2, 0.25) is 0 Å². The fraction of sp³-hybridized carbons (Fsp3) is 0. The molecule has 0 amide bonds. The minimum atomic E-state index is -1.75. The summed E-state index contributed by atoms with van der Waals surface area (Å²) < 4.78 is 0. The Kier molecular flexibility index (Phi) is 4.72. The van der Waals surface area contributed by atoms with E-state index < -0.39 is 43.3 Å². The van der Waals surface area contributed by atoms with E-state index in [0.29, 0.717) is 0 Å². The van der Waals surface area contributed by atoms with Gasteiger partial charge in [-0.05, 0) is 0 Å². The molecule has 1 aromatic rings. The van der Waals surface area contributed by atoms with Crippen LogP contribution >= 0.6 is 0 Å². The van der Waals surface area contributed by atoms with Crippen LogP contribution in [0, 0.1) is 30.3 Å². The predicted octanol–water partition coefficient (Wildman–Crippen LogP) is -0.444. The van der Waals surface area contributed by atoms with Crippen LogP contribution in [-0.4, -0.2) is 14.8 Å². The van der Waals surface area contributed by atoms with Gasteiger partial charge < -0.3 is 10.2 Å². The molecule has 0 saturated heterocycles. The van der Waals surface area contributed by atoms with Crippen LogP contribution in [0.5, 0.6) is 11.5 Å². The fourth-order valence-corrected chi connectivity index (χ4v) is 1.04. The van der Waals surface area contributed by atoms with Crippen molar-refractivity contribution in [1.82, 2.24) is 0 Å². The largest absolute Gasteiger partial charge is 0.863 e. The second-order valence-corrected chi connectivity index (χ2v) is 2.69. The maximum absolute atomic E-state index is 11.1. The first kappa shape index (κ1) is 15.8. The molecule has 0 spiro atoms. The summed E-state index contributed by atoms with van der Waals surface area (Å²) in [7, 11) is 0. The van der Waals surface area contributed by atoms with Crippen molar-refractivity contribution in [2.24, 2.45) is 0 Å². The average molecular weight is 351 g/mol. The van der Waals surface area contributed by atoms with Gasteiger partial charge in [-0.3, -0.25) is 30.3 Å². The summed E-state index contributed by atoms with van der Waals surface area (Å²) in [6.07, 6.45) is 0. The van der Waals surface area contributed by atoms with Gasteiger partial charge in [-0.1, -0.05) is 0 Å². The zero-order valence-corrected chi connectivity index (χ0v) is 9.47. The minimum Gasteiger partial charge on any atom is -0.863 e. The van der Waals surface area contributed by atoms with E-state index in [4.69, 9.17) is 0 Å². The Morgan fingerprint density at radius 3 is 1.33 bits per heavy atom. The van der Waals surface area contributed by atoms with Crippen molar-refractivity contribution in [3.63, 3.8) is 0 Å². The summed E-state index contributed by atoms with van der Waals surface area (Å²) in [4.78, 5) is 26.9. The Hall–Kier alpha value is -2.24. The quantitative estimate of drug-likeness (QED) is 0.399. The van der Waals surface area contributed by atoms with E-state index >= 15 is 0 Å². The van der Waals surface area contributed by atoms with Gasteiger partial charge in [0.2, 0.25) is 0 Å². The molecule has 0 saturated carbocycles. The Morgan fingerprint density at radius 2 is 1.11 bits per heavy atom. The van der Waals surface area contributed by atoms with Crippen molar-refractivity contribution < 1.29 is 47.4 Å². The van der Waals surface area contributed by atoms with Crippen molar-refractivity contribution in [2.75, 3.05) is 0 Å². The molecule has 0 aliphatic carbocycles. The van der Waals surface area contributed by atoms with Gasteiger partial charge in [-0.2, -0.15) is 0 Å². The number of rotatable bonds is 3.